The molecule has 1 amide bonds. The number of carbonyl (C=O) groups excluding carboxylic acids is 1. The van der Waals surface area contributed by atoms with Crippen LogP contribution in [0.5, 0.6) is 11.5 Å². The zero-order valence-corrected chi connectivity index (χ0v) is 21.0. The van der Waals surface area contributed by atoms with Gasteiger partial charge in [-0.15, -0.1) is 0 Å². The van der Waals surface area contributed by atoms with Crippen LogP contribution >= 0.6 is 0 Å². The summed E-state index contributed by atoms with van der Waals surface area (Å²) < 4.78 is 12.7. The third-order valence-electron chi connectivity index (χ3n) is 10.8. The molecule has 6 aliphatic rings. The van der Waals surface area contributed by atoms with Crippen LogP contribution in [0.25, 0.3) is 0 Å². The molecule has 4 bridgehead atoms. The van der Waals surface area contributed by atoms with Crippen molar-refractivity contribution in [3.05, 3.63) is 45.8 Å². The number of hydrogen-bond acceptors (Lipinski definition) is 4. The van der Waals surface area contributed by atoms with Crippen molar-refractivity contribution in [2.75, 3.05) is 20.7 Å². The minimum atomic E-state index is -0.0730. The van der Waals surface area contributed by atoms with Crippen LogP contribution in [0.2, 0.25) is 0 Å². The third-order valence-corrected chi connectivity index (χ3v) is 10.8. The Morgan fingerprint density at radius 2 is 1.97 bits per heavy atom. The van der Waals surface area contributed by atoms with Gasteiger partial charge in [0, 0.05) is 29.1 Å². The van der Waals surface area contributed by atoms with Crippen molar-refractivity contribution >= 4 is 5.91 Å². The molecule has 1 spiro atoms. The number of piperidine rings is 2. The van der Waals surface area contributed by atoms with Gasteiger partial charge >= 0.3 is 0 Å². The van der Waals surface area contributed by atoms with Gasteiger partial charge in [0.05, 0.1) is 12.8 Å². The molecule has 184 valence electrons. The number of carbonyl (C=O) groups is 1. The number of methoxy groups -OCH3 is 1. The largest absolute Gasteiger partial charge is 0.493 e. The molecule has 2 aromatic rings. The van der Waals surface area contributed by atoms with E-state index in [0.717, 1.165) is 67.1 Å². The topological polar surface area (TPSA) is 57.8 Å². The van der Waals surface area contributed by atoms with E-state index in [-0.39, 0.29) is 17.4 Å². The first-order chi connectivity index (χ1) is 17.0. The van der Waals surface area contributed by atoms with Crippen LogP contribution in [-0.4, -0.2) is 59.5 Å². The van der Waals surface area contributed by atoms with Crippen LogP contribution in [0.1, 0.15) is 83.1 Å². The molecule has 3 unspecified atom stereocenters. The lowest BCUT2D eigenvalue weighted by Crippen LogP contribution is -2.62. The van der Waals surface area contributed by atoms with Gasteiger partial charge in [-0.1, -0.05) is 6.07 Å². The van der Waals surface area contributed by atoms with E-state index in [1.54, 1.807) is 7.11 Å². The Hall–Kier alpha value is -2.47. The fourth-order valence-electron chi connectivity index (χ4n) is 9.23. The summed E-state index contributed by atoms with van der Waals surface area (Å²) in [5, 5.41) is 0. The van der Waals surface area contributed by atoms with Gasteiger partial charge < -0.3 is 24.3 Å². The number of aromatic nitrogens is 1. The molecule has 6 heteroatoms. The molecule has 5 heterocycles. The fourth-order valence-corrected chi connectivity index (χ4v) is 9.23. The lowest BCUT2D eigenvalue weighted by atomic mass is 9.51. The molecule has 4 aliphatic heterocycles. The fraction of sp³-hybridized carbons (Fsp3) is 0.621. The molecule has 35 heavy (non-hydrogen) atoms. The smallest absolute Gasteiger partial charge is 0.271 e. The number of ether oxygens (including phenoxy) is 2. The molecular formula is C29H35N3O3. The maximum absolute atomic E-state index is 14.0. The van der Waals surface area contributed by atoms with Crippen LogP contribution in [0.15, 0.2) is 12.1 Å². The number of H-pyrrole nitrogens is 1. The Morgan fingerprint density at radius 1 is 1.17 bits per heavy atom. The zero-order valence-electron chi connectivity index (χ0n) is 21.0. The van der Waals surface area contributed by atoms with Crippen LogP contribution in [0.3, 0.4) is 0 Å². The Morgan fingerprint density at radius 3 is 2.74 bits per heavy atom. The number of nitrogens with one attached hydrogen (secondary N) is 1. The minimum Gasteiger partial charge on any atom is -0.493 e. The van der Waals surface area contributed by atoms with Crippen molar-refractivity contribution in [2.24, 2.45) is 5.92 Å². The molecule has 0 radical (unpaired) electrons. The van der Waals surface area contributed by atoms with Gasteiger partial charge in [-0.05, 0) is 101 Å². The average Bonchev–Trinajstić information content (AvgIpc) is 3.47. The third kappa shape index (κ3) is 2.38. The number of likely N-dealkylation sites (N-methyl/N-ethyl adjacent to an activating group) is 1. The monoisotopic (exact) mass is 473 g/mol. The van der Waals surface area contributed by atoms with Crippen LogP contribution in [0.4, 0.5) is 0 Å². The number of nitrogens with zero attached hydrogens (tertiary/aromatic N) is 2. The summed E-state index contributed by atoms with van der Waals surface area (Å²) in [6, 6.07) is 5.70. The van der Waals surface area contributed by atoms with Crippen LogP contribution in [0, 0.1) is 12.8 Å². The van der Waals surface area contributed by atoms with Crippen molar-refractivity contribution in [3.63, 3.8) is 0 Å². The molecule has 1 aromatic heterocycles. The SMILES string of the molecule is COc1ccc2c3c1O[C@H]1c4[nH]c(C(=O)N5C6CCCC5CC6)c(C)c4C[C@H]4[C@@H](C2)N(C)CCC314. The summed E-state index contributed by atoms with van der Waals surface area (Å²) in [7, 11) is 4.03. The van der Waals surface area contributed by atoms with Gasteiger partial charge in [0.2, 0.25) is 0 Å². The maximum atomic E-state index is 14.0. The van der Waals surface area contributed by atoms with E-state index in [4.69, 9.17) is 9.47 Å². The van der Waals surface area contributed by atoms with E-state index < -0.39 is 0 Å². The molecule has 6 atom stereocenters. The highest BCUT2D eigenvalue weighted by Gasteiger charge is 2.65. The number of hydrogen-bond donors (Lipinski definition) is 1. The van der Waals surface area contributed by atoms with E-state index in [1.807, 2.05) is 0 Å². The number of aromatic amines is 1. The predicted octanol–water partition coefficient (Wildman–Crippen LogP) is 4.29. The predicted molar refractivity (Wildman–Crippen MR) is 132 cm³/mol. The Bertz CT molecular complexity index is 1250. The molecule has 1 aromatic carbocycles. The van der Waals surface area contributed by atoms with E-state index in [0.29, 0.717) is 24.0 Å². The minimum absolute atomic E-state index is 0.0383. The highest BCUT2D eigenvalue weighted by Crippen LogP contribution is 2.67. The summed E-state index contributed by atoms with van der Waals surface area (Å²) >= 11 is 0. The number of rotatable bonds is 2. The molecule has 2 aliphatic carbocycles. The normalized spacial score (nSPS) is 36.0. The zero-order chi connectivity index (χ0) is 23.6. The summed E-state index contributed by atoms with van der Waals surface area (Å²) in [5.74, 6) is 2.50. The molecule has 3 fully saturated rings. The first-order valence-corrected chi connectivity index (χ1v) is 13.6. The van der Waals surface area contributed by atoms with Gasteiger partial charge in [-0.2, -0.15) is 0 Å². The van der Waals surface area contributed by atoms with Gasteiger partial charge in [-0.3, -0.25) is 4.79 Å². The van der Waals surface area contributed by atoms with E-state index in [1.165, 1.54) is 36.0 Å². The number of fused-ring (bicyclic) bond motifs is 4. The van der Waals surface area contributed by atoms with Gasteiger partial charge in [-0.25, -0.2) is 0 Å². The first kappa shape index (κ1) is 20.7. The lowest BCUT2D eigenvalue weighted by molar-refractivity contribution is -0.0256. The molecule has 1 N–H and O–H groups in total. The average molecular weight is 474 g/mol. The summed E-state index contributed by atoms with van der Waals surface area (Å²) in [4.78, 5) is 22.5. The molecule has 6 nitrogen and oxygen atoms in total. The molecule has 3 saturated heterocycles. The van der Waals surface area contributed by atoms with E-state index in [2.05, 4.69) is 40.9 Å². The molecular weight excluding hydrogens is 438 g/mol. The standard InChI is InChI=1S/C29H35N3O3/c1-15-19-14-20-21-13-16-7-10-22(34-3)26-23(16)29(20,11-12-31(21)2)27(35-26)25(19)30-24(15)28(33)32-17-5-4-6-18(32)9-8-17/h7,10,17-18,20-21,27,30H,4-6,8-9,11-14H2,1-3H3/t17?,18?,20-,21+,27-,29?/m0/s1. The first-order valence-electron chi connectivity index (χ1n) is 13.6. The highest BCUT2D eigenvalue weighted by atomic mass is 16.5. The number of benzene rings is 1. The molecule has 8 rings (SSSR count). The summed E-state index contributed by atoms with van der Waals surface area (Å²) in [6.45, 7) is 3.25. The molecule has 0 saturated carbocycles. The van der Waals surface area contributed by atoms with Crippen molar-refractivity contribution in [2.45, 2.75) is 87.9 Å². The quantitative estimate of drug-likeness (QED) is 0.707. The summed E-state index contributed by atoms with van der Waals surface area (Å²) in [5.41, 5.74) is 7.24. The van der Waals surface area contributed by atoms with Crippen molar-refractivity contribution in [1.29, 1.82) is 0 Å². The van der Waals surface area contributed by atoms with Crippen molar-refractivity contribution < 1.29 is 14.3 Å². The van der Waals surface area contributed by atoms with E-state index in [9.17, 15) is 4.79 Å². The van der Waals surface area contributed by atoms with Crippen molar-refractivity contribution in [3.8, 4) is 11.5 Å². The Labute approximate surface area is 207 Å². The van der Waals surface area contributed by atoms with E-state index >= 15 is 0 Å². The Balaban J connectivity index is 1.29. The maximum Gasteiger partial charge on any atom is 0.271 e. The number of likely N-dealkylation sites (tertiary alicyclic amines) is 1. The number of amides is 1. The van der Waals surface area contributed by atoms with Crippen LogP contribution < -0.4 is 9.47 Å². The summed E-state index contributed by atoms with van der Waals surface area (Å²) in [6.07, 6.45) is 9.00. The second kappa shape index (κ2) is 6.84. The van der Waals surface area contributed by atoms with Gasteiger partial charge in [0.25, 0.3) is 5.91 Å². The highest BCUT2D eigenvalue weighted by molar-refractivity contribution is 5.95. The van der Waals surface area contributed by atoms with Gasteiger partial charge in [0.1, 0.15) is 11.8 Å². The van der Waals surface area contributed by atoms with Gasteiger partial charge in [0.15, 0.2) is 11.5 Å². The second-order valence-electron chi connectivity index (χ2n) is 12.0. The van der Waals surface area contributed by atoms with Crippen LogP contribution in [-0.2, 0) is 18.3 Å². The Kier molecular flexibility index (Phi) is 4.05. The van der Waals surface area contributed by atoms with Crippen molar-refractivity contribution in [1.82, 2.24) is 14.8 Å². The second-order valence-corrected chi connectivity index (χ2v) is 12.0. The lowest BCUT2D eigenvalue weighted by Gasteiger charge is -2.57.